The summed E-state index contributed by atoms with van der Waals surface area (Å²) in [7, 11) is -7.27. The first-order valence-electron chi connectivity index (χ1n) is 14.2. The van der Waals surface area contributed by atoms with E-state index in [0.717, 1.165) is 10.9 Å². The van der Waals surface area contributed by atoms with Crippen molar-refractivity contribution in [3.63, 3.8) is 0 Å². The van der Waals surface area contributed by atoms with E-state index in [2.05, 4.69) is 36.7 Å². The highest BCUT2D eigenvalue weighted by Crippen LogP contribution is 2.60. The first-order chi connectivity index (χ1) is 18.2. The molecule has 40 heavy (non-hydrogen) atoms. The topological polar surface area (TPSA) is 85.4 Å². The van der Waals surface area contributed by atoms with E-state index >= 15 is 0 Å². The van der Waals surface area contributed by atoms with Crippen LogP contribution >= 0.6 is 23.5 Å². The van der Waals surface area contributed by atoms with Crippen molar-refractivity contribution in [3.05, 3.63) is 28.7 Å². The number of hydrogen-bond donors (Lipinski definition) is 0. The zero-order valence-electron chi connectivity index (χ0n) is 26.4. The first kappa shape index (κ1) is 35.9. The molecule has 3 atom stereocenters. The fraction of sp³-hybridized carbons (Fsp3) is 0.793. The molecule has 8 nitrogen and oxygen atoms in total. The zero-order valence-corrected chi connectivity index (χ0v) is 29.7. The SMILES string of the molecule is CCOP(=O)(OCC)C(N(OC[C@@H]1CN(S(=O)(=O)c2ccc(Br)cc2)C[C@@H]1CC(C)(C)C)C(C)(C)C)C(C)(C)C. The van der Waals surface area contributed by atoms with Crippen molar-refractivity contribution in [3.8, 4) is 0 Å². The van der Waals surface area contributed by atoms with Crippen LogP contribution in [0, 0.1) is 22.7 Å². The Morgan fingerprint density at radius 3 is 1.88 bits per heavy atom. The molecule has 1 fully saturated rings. The molecule has 1 saturated heterocycles. The Hall–Kier alpha value is -0.320. The molecule has 0 bridgehead atoms. The third-order valence-corrected chi connectivity index (χ3v) is 12.1. The van der Waals surface area contributed by atoms with Crippen molar-refractivity contribution in [1.82, 2.24) is 9.37 Å². The summed E-state index contributed by atoms with van der Waals surface area (Å²) in [5, 5.41) is 1.79. The van der Waals surface area contributed by atoms with E-state index in [-0.39, 0.29) is 42.0 Å². The second kappa shape index (κ2) is 13.5. The Balaban J connectivity index is 2.44. The molecular weight excluding hydrogens is 615 g/mol. The lowest BCUT2D eigenvalue weighted by atomic mass is 9.80. The summed E-state index contributed by atoms with van der Waals surface area (Å²) in [5.74, 6) is -0.621. The lowest BCUT2D eigenvalue weighted by Crippen LogP contribution is -2.54. The summed E-state index contributed by atoms with van der Waals surface area (Å²) in [5.41, 5.74) is -1.04. The van der Waals surface area contributed by atoms with Crippen molar-refractivity contribution in [1.29, 1.82) is 0 Å². The van der Waals surface area contributed by atoms with E-state index in [1.165, 1.54) is 0 Å². The molecule has 1 aliphatic heterocycles. The Kier molecular flexibility index (Phi) is 12.1. The summed E-state index contributed by atoms with van der Waals surface area (Å²) in [6, 6.07) is 6.77. The second-order valence-corrected chi connectivity index (χ2v) is 18.9. The van der Waals surface area contributed by atoms with Crippen LogP contribution in [0.5, 0.6) is 0 Å². The number of hydroxylamine groups is 2. The van der Waals surface area contributed by atoms with Crippen LogP contribution in [0.2, 0.25) is 0 Å². The van der Waals surface area contributed by atoms with Crippen LogP contribution in [-0.4, -0.2) is 62.0 Å². The number of sulfonamides is 1. The van der Waals surface area contributed by atoms with Gasteiger partial charge in [0, 0.05) is 29.0 Å². The summed E-state index contributed by atoms with van der Waals surface area (Å²) in [6.45, 7) is 23.8. The van der Waals surface area contributed by atoms with Gasteiger partial charge in [-0.1, -0.05) is 57.5 Å². The minimum Gasteiger partial charge on any atom is -0.308 e. The van der Waals surface area contributed by atoms with Gasteiger partial charge in [-0.2, -0.15) is 9.37 Å². The van der Waals surface area contributed by atoms with Gasteiger partial charge in [0.15, 0.2) is 0 Å². The van der Waals surface area contributed by atoms with Crippen LogP contribution in [0.1, 0.15) is 82.6 Å². The third-order valence-electron chi connectivity index (χ3n) is 6.87. The van der Waals surface area contributed by atoms with Gasteiger partial charge in [0.05, 0.1) is 24.7 Å². The van der Waals surface area contributed by atoms with E-state index in [0.29, 0.717) is 13.1 Å². The summed E-state index contributed by atoms with van der Waals surface area (Å²) in [6.07, 6.45) is 0.849. The first-order valence-corrected chi connectivity index (χ1v) is 18.1. The second-order valence-electron chi connectivity index (χ2n) is 14.0. The van der Waals surface area contributed by atoms with Gasteiger partial charge in [-0.05, 0) is 82.1 Å². The summed E-state index contributed by atoms with van der Waals surface area (Å²) < 4.78 is 55.5. The van der Waals surface area contributed by atoms with Crippen LogP contribution in [-0.2, 0) is 28.5 Å². The molecule has 1 aromatic carbocycles. The fourth-order valence-corrected chi connectivity index (χ4v) is 9.87. The molecule has 0 aromatic heterocycles. The largest absolute Gasteiger partial charge is 0.350 e. The van der Waals surface area contributed by atoms with Crippen LogP contribution in [0.4, 0.5) is 0 Å². The quantitative estimate of drug-likeness (QED) is 0.166. The molecule has 232 valence electrons. The Labute approximate surface area is 252 Å². The average molecular weight is 668 g/mol. The molecule has 11 heteroatoms. The molecule has 0 saturated carbocycles. The van der Waals surface area contributed by atoms with Crippen molar-refractivity contribution < 1.29 is 26.9 Å². The molecule has 0 N–H and O–H groups in total. The zero-order chi connectivity index (χ0) is 30.7. The van der Waals surface area contributed by atoms with Crippen LogP contribution in [0.15, 0.2) is 33.6 Å². The van der Waals surface area contributed by atoms with Crippen LogP contribution in [0.3, 0.4) is 0 Å². The normalized spacial score (nSPS) is 20.8. The number of hydrogen-bond acceptors (Lipinski definition) is 7. The molecule has 1 aliphatic rings. The highest BCUT2D eigenvalue weighted by atomic mass is 79.9. The fourth-order valence-electron chi connectivity index (χ4n) is 5.35. The van der Waals surface area contributed by atoms with Gasteiger partial charge >= 0.3 is 7.60 Å². The number of halogens is 1. The predicted octanol–water partition coefficient (Wildman–Crippen LogP) is 7.79. The van der Waals surface area contributed by atoms with E-state index in [1.807, 2.05) is 55.4 Å². The molecular formula is C29H52BrN2O6PS. The molecule has 0 spiro atoms. The van der Waals surface area contributed by atoms with E-state index < -0.39 is 34.4 Å². The Morgan fingerprint density at radius 2 is 1.45 bits per heavy atom. The molecule has 1 unspecified atom stereocenters. The monoisotopic (exact) mass is 666 g/mol. The number of rotatable bonds is 12. The molecule has 0 aliphatic carbocycles. The molecule has 0 radical (unpaired) electrons. The third kappa shape index (κ3) is 9.34. The highest BCUT2D eigenvalue weighted by Gasteiger charge is 2.52. The molecule has 0 amide bonds. The molecule has 1 heterocycles. The van der Waals surface area contributed by atoms with Crippen LogP contribution in [0.25, 0.3) is 0 Å². The Bertz CT molecular complexity index is 1100. The maximum absolute atomic E-state index is 14.2. The van der Waals surface area contributed by atoms with Crippen molar-refractivity contribution in [2.75, 3.05) is 32.9 Å². The summed E-state index contributed by atoms with van der Waals surface area (Å²) >= 11 is 3.39. The van der Waals surface area contributed by atoms with Crippen molar-refractivity contribution >= 4 is 33.5 Å². The lowest BCUT2D eigenvalue weighted by Gasteiger charge is -2.47. The van der Waals surface area contributed by atoms with Gasteiger partial charge in [-0.3, -0.25) is 9.40 Å². The minimum absolute atomic E-state index is 0.0115. The van der Waals surface area contributed by atoms with Gasteiger partial charge in [-0.15, -0.1) is 0 Å². The van der Waals surface area contributed by atoms with Gasteiger partial charge in [-0.25, -0.2) is 8.42 Å². The minimum atomic E-state index is -3.66. The highest BCUT2D eigenvalue weighted by molar-refractivity contribution is 9.10. The van der Waals surface area contributed by atoms with Crippen molar-refractivity contribution in [2.24, 2.45) is 22.7 Å². The predicted molar refractivity (Wildman–Crippen MR) is 166 cm³/mol. The van der Waals surface area contributed by atoms with Gasteiger partial charge in [0.1, 0.15) is 5.78 Å². The molecule has 1 aromatic rings. The molecule has 2 rings (SSSR count). The van der Waals surface area contributed by atoms with E-state index in [9.17, 15) is 13.0 Å². The number of nitrogens with zero attached hydrogens (tertiary/aromatic N) is 2. The number of benzene rings is 1. The average Bonchev–Trinajstić information content (AvgIpc) is 3.17. The van der Waals surface area contributed by atoms with Gasteiger partial charge in [0.2, 0.25) is 10.0 Å². The van der Waals surface area contributed by atoms with Gasteiger partial charge < -0.3 is 9.05 Å². The standard InChI is InChI=1S/C29H52BrN2O6PS/c1-12-37-39(33,38-13-2)26(28(6,7)8)32(29(9,10)11)36-21-23-20-31(19-22(23)18-27(3,4)5)40(34,35)25-16-14-24(30)15-17-25/h14-17,22-23,26H,12-13,18-21H2,1-11H3/t22-,23-,26?/m0/s1. The van der Waals surface area contributed by atoms with Gasteiger partial charge in [0.25, 0.3) is 0 Å². The van der Waals surface area contributed by atoms with Crippen LogP contribution < -0.4 is 0 Å². The van der Waals surface area contributed by atoms with Crippen molar-refractivity contribution in [2.45, 2.75) is 98.8 Å². The lowest BCUT2D eigenvalue weighted by molar-refractivity contribution is -0.245. The smallest absolute Gasteiger partial charge is 0.308 e. The summed E-state index contributed by atoms with van der Waals surface area (Å²) in [4.78, 5) is 6.90. The van der Waals surface area contributed by atoms with E-state index in [1.54, 1.807) is 33.6 Å². The van der Waals surface area contributed by atoms with E-state index in [4.69, 9.17) is 13.9 Å². The maximum Gasteiger partial charge on any atom is 0.350 e. The maximum atomic E-state index is 14.2. The Morgan fingerprint density at radius 1 is 0.950 bits per heavy atom.